The van der Waals surface area contributed by atoms with Gasteiger partial charge in [-0.05, 0) is 18.3 Å². The highest BCUT2D eigenvalue weighted by Crippen LogP contribution is 2.43. The average molecular weight is 131 g/mol. The van der Waals surface area contributed by atoms with Gasteiger partial charge in [-0.2, -0.15) is 0 Å². The molecule has 2 N–H and O–H groups in total. The predicted octanol–water partition coefficient (Wildman–Crippen LogP) is 0.614. The molecule has 0 heterocycles. The third-order valence-electron chi connectivity index (χ3n) is 1.94. The van der Waals surface area contributed by atoms with Crippen LogP contribution in [0.2, 0.25) is 0 Å². The third-order valence-corrected chi connectivity index (χ3v) is 1.94. The van der Waals surface area contributed by atoms with Gasteiger partial charge in [0.15, 0.2) is 0 Å². The molecule has 2 nitrogen and oxygen atoms in total. The Balaban J connectivity index is 0.000000810. The Bertz CT molecular complexity index is 93.6. The molecule has 1 saturated carbocycles. The van der Waals surface area contributed by atoms with Gasteiger partial charge in [0.2, 0.25) is 0 Å². The molecule has 1 fully saturated rings. The molecule has 0 saturated heterocycles. The molecule has 2 heteroatoms. The van der Waals surface area contributed by atoms with Crippen LogP contribution in [0.5, 0.6) is 0 Å². The Morgan fingerprint density at radius 3 is 2.78 bits per heavy atom. The minimum atomic E-state index is 0. The Kier molecular flexibility index (Phi) is 2.09. The molecule has 0 atom stereocenters. The SMILES string of the molecule is CC1(CNCCO)CC1.[HH]. The minimum absolute atomic E-state index is 0. The highest BCUT2D eigenvalue weighted by atomic mass is 16.3. The molecule has 1 aliphatic carbocycles. The first-order valence-corrected chi connectivity index (χ1v) is 3.58. The number of hydrogen-bond donors (Lipinski definition) is 2. The first kappa shape index (κ1) is 7.03. The average Bonchev–Trinajstić information content (AvgIpc) is 2.50. The van der Waals surface area contributed by atoms with Gasteiger partial charge < -0.3 is 10.4 Å². The molecule has 0 aromatic carbocycles. The molecule has 56 valence electrons. The van der Waals surface area contributed by atoms with E-state index < -0.39 is 0 Å². The van der Waals surface area contributed by atoms with E-state index in [9.17, 15) is 0 Å². The lowest BCUT2D eigenvalue weighted by Gasteiger charge is -2.07. The zero-order valence-electron chi connectivity index (χ0n) is 5.98. The van der Waals surface area contributed by atoms with E-state index in [1.807, 2.05) is 0 Å². The highest BCUT2D eigenvalue weighted by molar-refractivity contribution is 4.90. The Labute approximate surface area is 57.8 Å². The summed E-state index contributed by atoms with van der Waals surface area (Å²) in [6.07, 6.45) is 2.71. The molecular formula is C7H17NO. The van der Waals surface area contributed by atoms with Gasteiger partial charge in [-0.25, -0.2) is 0 Å². The predicted molar refractivity (Wildman–Crippen MR) is 39.4 cm³/mol. The molecule has 0 radical (unpaired) electrons. The van der Waals surface area contributed by atoms with E-state index in [0.29, 0.717) is 5.41 Å². The summed E-state index contributed by atoms with van der Waals surface area (Å²) in [4.78, 5) is 0. The van der Waals surface area contributed by atoms with Crippen molar-refractivity contribution in [2.45, 2.75) is 19.8 Å². The normalized spacial score (nSPS) is 22.0. The van der Waals surface area contributed by atoms with Gasteiger partial charge in [0.05, 0.1) is 6.61 Å². The van der Waals surface area contributed by atoms with Crippen molar-refractivity contribution in [1.29, 1.82) is 0 Å². The van der Waals surface area contributed by atoms with Crippen LogP contribution in [0.25, 0.3) is 0 Å². The second-order valence-corrected chi connectivity index (χ2v) is 3.21. The third kappa shape index (κ3) is 2.33. The molecule has 0 bridgehead atoms. The van der Waals surface area contributed by atoms with E-state index >= 15 is 0 Å². The highest BCUT2D eigenvalue weighted by Gasteiger charge is 2.36. The van der Waals surface area contributed by atoms with Crippen LogP contribution in [-0.2, 0) is 0 Å². The molecule has 1 rings (SSSR count). The molecule has 1 aliphatic rings. The lowest BCUT2D eigenvalue weighted by molar-refractivity contribution is 0.287. The van der Waals surface area contributed by atoms with Crippen molar-refractivity contribution in [2.24, 2.45) is 5.41 Å². The van der Waals surface area contributed by atoms with E-state index in [2.05, 4.69) is 12.2 Å². The van der Waals surface area contributed by atoms with Gasteiger partial charge >= 0.3 is 0 Å². The molecule has 0 unspecified atom stereocenters. The zero-order chi connectivity index (χ0) is 6.74. The van der Waals surface area contributed by atoms with Crippen LogP contribution >= 0.6 is 0 Å². The van der Waals surface area contributed by atoms with E-state index in [0.717, 1.165) is 13.1 Å². The monoisotopic (exact) mass is 131 g/mol. The van der Waals surface area contributed by atoms with Crippen molar-refractivity contribution in [3.63, 3.8) is 0 Å². The quantitative estimate of drug-likeness (QED) is 0.548. The standard InChI is InChI=1S/C7H15NO.H2/c1-7(2-3-7)6-8-4-5-9;/h8-9H,2-6H2,1H3;1H. The summed E-state index contributed by atoms with van der Waals surface area (Å²) in [5.41, 5.74) is 0.579. The summed E-state index contributed by atoms with van der Waals surface area (Å²) in [5.74, 6) is 0. The summed E-state index contributed by atoms with van der Waals surface area (Å²) in [6, 6.07) is 0. The summed E-state index contributed by atoms with van der Waals surface area (Å²) < 4.78 is 0. The van der Waals surface area contributed by atoms with Crippen LogP contribution in [0.1, 0.15) is 21.2 Å². The maximum Gasteiger partial charge on any atom is 0.0555 e. The summed E-state index contributed by atoms with van der Waals surface area (Å²) in [6.45, 7) is 4.36. The number of aliphatic hydroxyl groups excluding tert-OH is 1. The number of rotatable bonds is 4. The smallest absolute Gasteiger partial charge is 0.0555 e. The van der Waals surface area contributed by atoms with Crippen molar-refractivity contribution in [1.82, 2.24) is 5.32 Å². The van der Waals surface area contributed by atoms with Gasteiger partial charge in [-0.3, -0.25) is 0 Å². The number of aliphatic hydroxyl groups is 1. The minimum Gasteiger partial charge on any atom is -0.395 e. The van der Waals surface area contributed by atoms with Crippen LogP contribution in [0, 0.1) is 5.41 Å². The molecule has 0 amide bonds. The van der Waals surface area contributed by atoms with Crippen LogP contribution in [0.3, 0.4) is 0 Å². The van der Waals surface area contributed by atoms with Crippen molar-refractivity contribution in [3.8, 4) is 0 Å². The van der Waals surface area contributed by atoms with Crippen LogP contribution in [0.15, 0.2) is 0 Å². The van der Waals surface area contributed by atoms with E-state index in [1.54, 1.807) is 0 Å². The van der Waals surface area contributed by atoms with Gasteiger partial charge in [-0.15, -0.1) is 0 Å². The second kappa shape index (κ2) is 2.67. The summed E-state index contributed by atoms with van der Waals surface area (Å²) >= 11 is 0. The van der Waals surface area contributed by atoms with Crippen molar-refractivity contribution in [2.75, 3.05) is 19.7 Å². The molecule has 9 heavy (non-hydrogen) atoms. The topological polar surface area (TPSA) is 32.3 Å². The molecule has 0 spiro atoms. The van der Waals surface area contributed by atoms with Crippen molar-refractivity contribution >= 4 is 0 Å². The number of hydrogen-bond acceptors (Lipinski definition) is 2. The Morgan fingerprint density at radius 2 is 2.33 bits per heavy atom. The molecule has 0 aromatic rings. The fourth-order valence-electron chi connectivity index (χ4n) is 0.859. The van der Waals surface area contributed by atoms with E-state index in [4.69, 9.17) is 5.11 Å². The van der Waals surface area contributed by atoms with Gasteiger partial charge in [-0.1, -0.05) is 6.92 Å². The first-order valence-electron chi connectivity index (χ1n) is 3.58. The number of nitrogens with one attached hydrogen (secondary N) is 1. The summed E-state index contributed by atoms with van der Waals surface area (Å²) in [5, 5.41) is 11.6. The molecule has 0 aromatic heterocycles. The largest absolute Gasteiger partial charge is 0.395 e. The van der Waals surface area contributed by atoms with Gasteiger partial charge in [0.25, 0.3) is 0 Å². The van der Waals surface area contributed by atoms with Crippen LogP contribution < -0.4 is 5.32 Å². The summed E-state index contributed by atoms with van der Waals surface area (Å²) in [7, 11) is 0. The van der Waals surface area contributed by atoms with Gasteiger partial charge in [0, 0.05) is 14.5 Å². The van der Waals surface area contributed by atoms with Crippen molar-refractivity contribution < 1.29 is 6.53 Å². The zero-order valence-corrected chi connectivity index (χ0v) is 5.98. The van der Waals surface area contributed by atoms with Crippen LogP contribution in [0.4, 0.5) is 0 Å². The van der Waals surface area contributed by atoms with E-state index in [-0.39, 0.29) is 8.03 Å². The Morgan fingerprint density at radius 1 is 1.67 bits per heavy atom. The van der Waals surface area contributed by atoms with Crippen molar-refractivity contribution in [3.05, 3.63) is 0 Å². The fraction of sp³-hybridized carbons (Fsp3) is 1.00. The molecular weight excluding hydrogens is 114 g/mol. The first-order chi connectivity index (χ1) is 4.27. The maximum atomic E-state index is 8.42. The maximum absolute atomic E-state index is 8.42. The fourth-order valence-corrected chi connectivity index (χ4v) is 0.859. The second-order valence-electron chi connectivity index (χ2n) is 3.21. The molecule has 0 aliphatic heterocycles. The van der Waals surface area contributed by atoms with E-state index in [1.165, 1.54) is 12.8 Å². The van der Waals surface area contributed by atoms with Crippen LogP contribution in [-0.4, -0.2) is 24.8 Å². The lowest BCUT2D eigenvalue weighted by atomic mass is 10.1. The van der Waals surface area contributed by atoms with Gasteiger partial charge in [0.1, 0.15) is 0 Å². The lowest BCUT2D eigenvalue weighted by Crippen LogP contribution is -2.24. The Hall–Kier alpha value is -0.0800.